The summed E-state index contributed by atoms with van der Waals surface area (Å²) in [5.41, 5.74) is 26.1. The summed E-state index contributed by atoms with van der Waals surface area (Å²) in [6, 6.07) is 73.5. The molecule has 0 amide bonds. The van der Waals surface area contributed by atoms with E-state index in [1.54, 1.807) is 9.36 Å². The zero-order chi connectivity index (χ0) is 73.8. The predicted molar refractivity (Wildman–Crippen MR) is 443 cm³/mol. The Morgan fingerprint density at radius 3 is 1.19 bits per heavy atom. The van der Waals surface area contributed by atoms with Gasteiger partial charge in [-0.1, -0.05) is 174 Å². The fraction of sp³-hybridized carbons (Fsp3) is 0.301. The molecule has 105 heavy (non-hydrogen) atoms. The number of nitrogens with zero attached hydrogens (tertiary/aromatic N) is 8. The van der Waals surface area contributed by atoms with E-state index in [9.17, 15) is 9.59 Å². The van der Waals surface area contributed by atoms with Gasteiger partial charge in [0.05, 0.1) is 50.9 Å². The number of benzene rings is 8. The lowest BCUT2D eigenvalue weighted by atomic mass is 9.84. The second-order valence-electron chi connectivity index (χ2n) is 29.4. The van der Waals surface area contributed by atoms with Gasteiger partial charge in [0.25, 0.3) is 11.1 Å². The van der Waals surface area contributed by atoms with Gasteiger partial charge in [-0.3, -0.25) is 19.8 Å². The van der Waals surface area contributed by atoms with Crippen molar-refractivity contribution in [3.05, 3.63) is 330 Å². The Bertz CT molecular complexity index is 4900. The number of rotatable bonds is 30. The van der Waals surface area contributed by atoms with Gasteiger partial charge in [0.2, 0.25) is 0 Å². The van der Waals surface area contributed by atoms with Crippen LogP contribution in [0.2, 0.25) is 0 Å². The van der Waals surface area contributed by atoms with Crippen LogP contribution in [0.3, 0.4) is 0 Å². The highest BCUT2D eigenvalue weighted by molar-refractivity contribution is 5.82. The maximum absolute atomic E-state index is 14.3. The first-order chi connectivity index (χ1) is 50.9. The van der Waals surface area contributed by atoms with Crippen molar-refractivity contribution in [2.24, 2.45) is 0 Å². The van der Waals surface area contributed by atoms with E-state index in [4.69, 9.17) is 0 Å². The number of anilines is 6. The van der Waals surface area contributed by atoms with Crippen molar-refractivity contribution in [2.75, 3.05) is 83.8 Å². The van der Waals surface area contributed by atoms with Gasteiger partial charge in [-0.05, 0) is 214 Å². The minimum absolute atomic E-state index is 0.133. The van der Waals surface area contributed by atoms with Gasteiger partial charge < -0.3 is 29.4 Å². The van der Waals surface area contributed by atoms with Crippen molar-refractivity contribution >= 4 is 52.1 Å². The van der Waals surface area contributed by atoms with Gasteiger partial charge in [-0.25, -0.2) is 9.36 Å². The highest BCUT2D eigenvalue weighted by Gasteiger charge is 2.42. The van der Waals surface area contributed by atoms with E-state index in [2.05, 4.69) is 260 Å². The number of nitrogens with one attached hydrogen (secondary N) is 2. The third kappa shape index (κ3) is 16.0. The van der Waals surface area contributed by atoms with Crippen LogP contribution in [0.4, 0.5) is 34.4 Å². The molecule has 0 unspecified atom stereocenters. The number of fused-ring (bicyclic) bond motifs is 2. The number of para-hydroxylation sites is 4. The first-order valence-electron chi connectivity index (χ1n) is 37.9. The highest BCUT2D eigenvalue weighted by Crippen LogP contribution is 2.50. The summed E-state index contributed by atoms with van der Waals surface area (Å²) in [6.07, 6.45) is 19.8. The van der Waals surface area contributed by atoms with Crippen LogP contribution in [-0.2, 0) is 23.9 Å². The van der Waals surface area contributed by atoms with Gasteiger partial charge in [-0.2, -0.15) is 0 Å². The van der Waals surface area contributed by atoms with E-state index in [1.165, 1.54) is 22.5 Å². The number of aromatic nitrogens is 4. The van der Waals surface area contributed by atoms with Crippen molar-refractivity contribution in [1.29, 1.82) is 0 Å². The highest BCUT2D eigenvalue weighted by atomic mass is 16.1. The molecule has 12 heteroatoms. The molecule has 2 aliphatic rings. The van der Waals surface area contributed by atoms with Crippen LogP contribution in [0.5, 0.6) is 0 Å². The lowest BCUT2D eigenvalue weighted by molar-refractivity contribution is 0.632. The van der Waals surface area contributed by atoms with Gasteiger partial charge >= 0.3 is 0 Å². The minimum atomic E-state index is -0.405. The zero-order valence-corrected chi connectivity index (χ0v) is 63.8. The van der Waals surface area contributed by atoms with Crippen LogP contribution in [0.1, 0.15) is 162 Å². The third-order valence-corrected chi connectivity index (χ3v) is 20.9. The van der Waals surface area contributed by atoms with Crippen molar-refractivity contribution in [1.82, 2.24) is 19.6 Å². The second kappa shape index (κ2) is 33.2. The number of unbranched alkanes of at least 4 members (excludes halogenated alkanes) is 4. The SMILES string of the molecule is CCCCN(CCCC)c1ccc(C(=CC=C[C+](c2ccc(CN3C(=C=Cc4c(N(C)C)[nH]n(-c5ccccc5)c4=O)C(C)(C)c4ccccc43)cc2)c2ccc(N(CCCC)CCCC)cc2)c2ccc(CN3C(=C=Cc4c(N(C)C)[nH]n(-c5ccccc5)c4=O)C(C)(C)c4ccccc43)cc2)cc1. The molecule has 12 nitrogen and oxygen atoms in total. The van der Waals surface area contributed by atoms with Gasteiger partial charge in [-0.15, -0.1) is 0 Å². The molecule has 8 aromatic carbocycles. The molecule has 2 N–H and O–H groups in total. The Morgan fingerprint density at radius 1 is 0.448 bits per heavy atom. The largest absolute Gasteiger partial charge is 0.372 e. The first kappa shape index (κ1) is 73.7. The normalized spacial score (nSPS) is 13.6. The Morgan fingerprint density at radius 2 is 0.800 bits per heavy atom. The monoisotopic (exact) mass is 1390 g/mol. The molecular formula is C93H105N10O2+. The average molecular weight is 1390 g/mol. The zero-order valence-electron chi connectivity index (χ0n) is 63.8. The average Bonchev–Trinajstić information content (AvgIpc) is 1.60. The maximum atomic E-state index is 14.3. The third-order valence-electron chi connectivity index (χ3n) is 20.9. The molecule has 0 radical (unpaired) electrons. The summed E-state index contributed by atoms with van der Waals surface area (Å²) >= 11 is 0. The summed E-state index contributed by atoms with van der Waals surface area (Å²) in [5, 5.41) is 6.74. The van der Waals surface area contributed by atoms with Gasteiger partial charge in [0, 0.05) is 107 Å². The second-order valence-corrected chi connectivity index (χ2v) is 29.4. The van der Waals surface area contributed by atoms with Crippen LogP contribution >= 0.6 is 0 Å². The molecule has 538 valence electrons. The summed E-state index contributed by atoms with van der Waals surface area (Å²) in [4.78, 5) is 42.3. The van der Waals surface area contributed by atoms with Gasteiger partial charge in [0.1, 0.15) is 11.6 Å². The summed E-state index contributed by atoms with van der Waals surface area (Å²) in [7, 11) is 7.81. The van der Waals surface area contributed by atoms with Crippen LogP contribution in [0.15, 0.2) is 257 Å². The molecular weight excluding hydrogens is 1290 g/mol. The lowest BCUT2D eigenvalue weighted by Crippen LogP contribution is -2.25. The molecule has 0 fully saturated rings. The van der Waals surface area contributed by atoms with Crippen LogP contribution in [-0.4, -0.2) is 73.9 Å². The smallest absolute Gasteiger partial charge is 0.281 e. The quantitative estimate of drug-likeness (QED) is 0.0261. The fourth-order valence-electron chi connectivity index (χ4n) is 14.9. The topological polar surface area (TPSA) is 95.0 Å². The minimum Gasteiger partial charge on any atom is -0.372 e. The number of aromatic amines is 2. The number of allylic oxidation sites excluding steroid dienone is 5. The molecule has 0 bridgehead atoms. The molecule has 0 atom stereocenters. The maximum Gasteiger partial charge on any atom is 0.281 e. The molecule has 0 aliphatic carbocycles. The Balaban J connectivity index is 0.914. The van der Waals surface area contributed by atoms with E-state index in [0.717, 1.165) is 157 Å². The summed E-state index contributed by atoms with van der Waals surface area (Å²) in [6.45, 7) is 23.5. The van der Waals surface area contributed by atoms with Crippen LogP contribution < -0.4 is 40.5 Å². The Labute approximate surface area is 623 Å². The number of H-pyrrole nitrogens is 2. The van der Waals surface area contributed by atoms with Crippen molar-refractivity contribution in [2.45, 2.75) is 131 Å². The van der Waals surface area contributed by atoms with Crippen molar-refractivity contribution in [3.8, 4) is 11.4 Å². The Kier molecular flexibility index (Phi) is 23.3. The van der Waals surface area contributed by atoms with Gasteiger partial charge in [0.15, 0.2) is 0 Å². The number of hydrogen-bond acceptors (Lipinski definition) is 8. The standard InChI is InChI=1S/C93H104N10O2/c1-13-17-62-98(63-18-14-2)74-54-50-72(51-55-74)78(70-46-42-68(43-47-70)66-100-84-40-29-27-38-82(84)92(5,6)86(100)60-58-80-88(96(9)10)94-102(90(80)104)76-32-23-21-24-33-76)36-31-37-79(73-52-56-75(57-53-73)99(64-19-15-3)65-20-16-4)71-48-44-69(45-49-71)67-101-85-41-30-28-39-83(85)93(7,8)87(101)61-59-81-89(97(11)12)95-103(91(81)105)77-34-25-22-26-35-77/h21-59H,13-20,62-67H2,1-12H3,(H-,94,95,104,105)/p+1. The van der Waals surface area contributed by atoms with E-state index < -0.39 is 10.8 Å². The van der Waals surface area contributed by atoms with E-state index in [0.29, 0.717) is 35.9 Å². The lowest BCUT2D eigenvalue weighted by Gasteiger charge is -2.25. The molecule has 2 aromatic heterocycles. The van der Waals surface area contributed by atoms with Crippen LogP contribution in [0, 0.1) is 5.92 Å². The molecule has 2 aliphatic heterocycles. The fourth-order valence-corrected chi connectivity index (χ4v) is 14.9. The molecule has 0 spiro atoms. The molecule has 10 aromatic rings. The molecule has 0 saturated heterocycles. The summed E-state index contributed by atoms with van der Waals surface area (Å²) < 4.78 is 3.22. The molecule has 0 saturated carbocycles. The van der Waals surface area contributed by atoms with E-state index >= 15 is 0 Å². The van der Waals surface area contributed by atoms with E-state index in [-0.39, 0.29) is 11.1 Å². The van der Waals surface area contributed by atoms with Crippen molar-refractivity contribution in [3.63, 3.8) is 0 Å². The molecule has 4 heterocycles. The van der Waals surface area contributed by atoms with Crippen LogP contribution in [0.25, 0.3) is 29.1 Å². The van der Waals surface area contributed by atoms with E-state index in [1.807, 2.05) is 111 Å². The molecule has 12 rings (SSSR count). The summed E-state index contributed by atoms with van der Waals surface area (Å²) in [5.74, 6) is 2.55. The van der Waals surface area contributed by atoms with Crippen molar-refractivity contribution < 1.29 is 0 Å². The number of hydrogen-bond donors (Lipinski definition) is 2. The first-order valence-corrected chi connectivity index (χ1v) is 37.9. The Hall–Kier alpha value is -11.0. The predicted octanol–water partition coefficient (Wildman–Crippen LogP) is 20.2.